The van der Waals surface area contributed by atoms with E-state index < -0.39 is 11.8 Å². The molecule has 0 saturated carbocycles. The van der Waals surface area contributed by atoms with Crippen LogP contribution in [0, 0.1) is 6.92 Å². The lowest BCUT2D eigenvalue weighted by Crippen LogP contribution is -2.54. The number of nitrogens with zero attached hydrogens (tertiary/aromatic N) is 1. The second-order valence-electron chi connectivity index (χ2n) is 6.79. The summed E-state index contributed by atoms with van der Waals surface area (Å²) in [5, 5.41) is 2.65. The molecule has 0 radical (unpaired) electrons. The van der Waals surface area contributed by atoms with Crippen LogP contribution in [0.25, 0.3) is 6.08 Å². The number of nitrogens with one attached hydrogen (secondary N) is 1. The van der Waals surface area contributed by atoms with Gasteiger partial charge in [0.1, 0.15) is 5.57 Å². The van der Waals surface area contributed by atoms with Crippen LogP contribution < -0.4 is 19.7 Å². The van der Waals surface area contributed by atoms with Gasteiger partial charge in [0.25, 0.3) is 11.8 Å². The number of hydrogen-bond donors (Lipinski definition) is 1. The van der Waals surface area contributed by atoms with E-state index in [4.69, 9.17) is 21.7 Å². The molecular formula is C22H22N2O4S. The highest BCUT2D eigenvalue weighted by Gasteiger charge is 2.35. The molecular weight excluding hydrogens is 388 g/mol. The molecule has 2 aromatic rings. The van der Waals surface area contributed by atoms with Crippen LogP contribution in [0.4, 0.5) is 5.69 Å². The molecule has 1 aliphatic heterocycles. The van der Waals surface area contributed by atoms with E-state index in [0.29, 0.717) is 22.7 Å². The van der Waals surface area contributed by atoms with Crippen LogP contribution >= 0.6 is 12.2 Å². The van der Waals surface area contributed by atoms with Crippen molar-refractivity contribution in [3.05, 3.63) is 59.2 Å². The minimum atomic E-state index is -0.553. The summed E-state index contributed by atoms with van der Waals surface area (Å²) in [7, 11) is 1.54. The minimum absolute atomic E-state index is 0.0382. The van der Waals surface area contributed by atoms with Gasteiger partial charge in [-0.1, -0.05) is 30.3 Å². The molecule has 0 spiro atoms. The van der Waals surface area contributed by atoms with Crippen LogP contribution in [0.15, 0.2) is 48.0 Å². The van der Waals surface area contributed by atoms with Gasteiger partial charge in [0.05, 0.1) is 18.9 Å². The Hall–Kier alpha value is -3.19. The average molecular weight is 410 g/mol. The van der Waals surface area contributed by atoms with Gasteiger partial charge in [0.15, 0.2) is 16.6 Å². The summed E-state index contributed by atoms with van der Waals surface area (Å²) in [5.41, 5.74) is 2.01. The van der Waals surface area contributed by atoms with Crippen molar-refractivity contribution < 1.29 is 19.1 Å². The summed E-state index contributed by atoms with van der Waals surface area (Å²) >= 11 is 5.26. The Morgan fingerprint density at radius 2 is 1.83 bits per heavy atom. The number of rotatable bonds is 5. The summed E-state index contributed by atoms with van der Waals surface area (Å²) in [6.07, 6.45) is 1.39. The number of aryl methyl sites for hydroxylation is 1. The van der Waals surface area contributed by atoms with E-state index in [1.807, 2.05) is 39.0 Å². The van der Waals surface area contributed by atoms with Crippen molar-refractivity contribution in [1.29, 1.82) is 0 Å². The highest BCUT2D eigenvalue weighted by Crippen LogP contribution is 2.34. The second-order valence-corrected chi connectivity index (χ2v) is 7.18. The van der Waals surface area contributed by atoms with Gasteiger partial charge in [-0.25, -0.2) is 0 Å². The van der Waals surface area contributed by atoms with Crippen molar-refractivity contribution in [2.45, 2.75) is 26.9 Å². The first-order chi connectivity index (χ1) is 13.8. The molecule has 0 aromatic heterocycles. The molecule has 1 heterocycles. The number of anilines is 1. The van der Waals surface area contributed by atoms with Gasteiger partial charge in [0.2, 0.25) is 0 Å². The molecule has 150 valence electrons. The van der Waals surface area contributed by atoms with Crippen molar-refractivity contribution in [3.8, 4) is 11.5 Å². The van der Waals surface area contributed by atoms with Gasteiger partial charge in [0, 0.05) is 5.56 Å². The highest BCUT2D eigenvalue weighted by molar-refractivity contribution is 7.80. The zero-order valence-electron chi connectivity index (χ0n) is 16.7. The number of benzene rings is 2. The van der Waals surface area contributed by atoms with E-state index in [1.165, 1.54) is 18.1 Å². The standard InChI is InChI=1S/C22H22N2O4S/c1-13(2)28-19-15(9-7-11-18(19)27-4)12-16-20(25)23-22(29)24(21(16)26)17-10-6-5-8-14(17)3/h5-13H,1-4H3,(H,23,25,29)/b16-12+. The second kappa shape index (κ2) is 8.45. The van der Waals surface area contributed by atoms with Gasteiger partial charge in [-0.05, 0) is 56.8 Å². The Morgan fingerprint density at radius 1 is 1.10 bits per heavy atom. The summed E-state index contributed by atoms with van der Waals surface area (Å²) < 4.78 is 11.3. The van der Waals surface area contributed by atoms with Crippen molar-refractivity contribution >= 4 is 40.9 Å². The normalized spacial score (nSPS) is 15.7. The summed E-state index contributed by atoms with van der Waals surface area (Å²) in [6.45, 7) is 5.65. The van der Waals surface area contributed by atoms with Crippen molar-refractivity contribution in [3.63, 3.8) is 0 Å². The summed E-state index contributed by atoms with van der Waals surface area (Å²) in [6, 6.07) is 12.6. The lowest BCUT2D eigenvalue weighted by Gasteiger charge is -2.30. The quantitative estimate of drug-likeness (QED) is 0.463. The fourth-order valence-corrected chi connectivity index (χ4v) is 3.29. The Kier molecular flexibility index (Phi) is 5.98. The Labute approximate surface area is 175 Å². The SMILES string of the molecule is COc1cccc(/C=C2\C(=O)NC(=S)N(c3ccccc3C)C2=O)c1OC(C)C. The monoisotopic (exact) mass is 410 g/mol. The van der Waals surface area contributed by atoms with Crippen molar-refractivity contribution in [2.75, 3.05) is 12.0 Å². The molecule has 0 atom stereocenters. The Morgan fingerprint density at radius 3 is 2.48 bits per heavy atom. The molecule has 3 rings (SSSR count). The van der Waals surface area contributed by atoms with E-state index in [2.05, 4.69) is 5.32 Å². The van der Waals surface area contributed by atoms with Gasteiger partial charge in [-0.2, -0.15) is 0 Å². The molecule has 1 N–H and O–H groups in total. The topological polar surface area (TPSA) is 67.9 Å². The fourth-order valence-electron chi connectivity index (χ4n) is 3.02. The van der Waals surface area contributed by atoms with Crippen LogP contribution in [-0.4, -0.2) is 30.1 Å². The molecule has 2 aromatic carbocycles. The molecule has 7 heteroatoms. The molecule has 0 unspecified atom stereocenters. The molecule has 2 amide bonds. The average Bonchev–Trinajstić information content (AvgIpc) is 2.67. The fraction of sp³-hybridized carbons (Fsp3) is 0.227. The first-order valence-electron chi connectivity index (χ1n) is 9.14. The van der Waals surface area contributed by atoms with Crippen LogP contribution in [0.1, 0.15) is 25.0 Å². The molecule has 1 aliphatic rings. The molecule has 1 fully saturated rings. The molecule has 0 bridgehead atoms. The number of carbonyl (C=O) groups excluding carboxylic acids is 2. The number of amides is 2. The van der Waals surface area contributed by atoms with Crippen LogP contribution in [0.5, 0.6) is 11.5 Å². The third-order valence-corrected chi connectivity index (χ3v) is 4.63. The van der Waals surface area contributed by atoms with Crippen molar-refractivity contribution in [1.82, 2.24) is 5.32 Å². The predicted octanol–water partition coefficient (Wildman–Crippen LogP) is 3.62. The Balaban J connectivity index is 2.09. The zero-order valence-corrected chi connectivity index (χ0v) is 17.5. The maximum atomic E-state index is 13.2. The molecule has 1 saturated heterocycles. The maximum Gasteiger partial charge on any atom is 0.270 e. The van der Waals surface area contributed by atoms with E-state index in [1.54, 1.807) is 24.3 Å². The van der Waals surface area contributed by atoms with Crippen molar-refractivity contribution in [2.24, 2.45) is 0 Å². The first kappa shape index (κ1) is 20.5. The highest BCUT2D eigenvalue weighted by atomic mass is 32.1. The number of methoxy groups -OCH3 is 1. The minimum Gasteiger partial charge on any atom is -0.493 e. The Bertz CT molecular complexity index is 1010. The maximum absolute atomic E-state index is 13.2. The molecule has 6 nitrogen and oxygen atoms in total. The summed E-state index contributed by atoms with van der Waals surface area (Å²) in [5.74, 6) is -0.0637. The van der Waals surface area contributed by atoms with Crippen LogP contribution in [0.2, 0.25) is 0 Å². The molecule has 29 heavy (non-hydrogen) atoms. The number of para-hydroxylation sites is 2. The third-order valence-electron chi connectivity index (χ3n) is 4.34. The third kappa shape index (κ3) is 4.14. The number of thiocarbonyl (C=S) groups is 1. The molecule has 0 aliphatic carbocycles. The van der Waals surface area contributed by atoms with E-state index in [0.717, 1.165) is 5.56 Å². The number of hydrogen-bond acceptors (Lipinski definition) is 5. The first-order valence-corrected chi connectivity index (χ1v) is 9.55. The number of carbonyl (C=O) groups is 2. The van der Waals surface area contributed by atoms with Crippen LogP contribution in [-0.2, 0) is 9.59 Å². The van der Waals surface area contributed by atoms with Gasteiger partial charge >= 0.3 is 0 Å². The smallest absolute Gasteiger partial charge is 0.270 e. The van der Waals surface area contributed by atoms with Gasteiger partial charge in [-0.15, -0.1) is 0 Å². The summed E-state index contributed by atoms with van der Waals surface area (Å²) in [4.78, 5) is 27.1. The van der Waals surface area contributed by atoms with Gasteiger partial charge < -0.3 is 9.47 Å². The van der Waals surface area contributed by atoms with E-state index in [9.17, 15) is 9.59 Å². The largest absolute Gasteiger partial charge is 0.493 e. The zero-order chi connectivity index (χ0) is 21.1. The lowest BCUT2D eigenvalue weighted by atomic mass is 10.0. The number of ether oxygens (including phenoxy) is 2. The van der Waals surface area contributed by atoms with E-state index >= 15 is 0 Å². The van der Waals surface area contributed by atoms with Crippen LogP contribution in [0.3, 0.4) is 0 Å². The lowest BCUT2D eigenvalue weighted by molar-refractivity contribution is -0.122. The predicted molar refractivity (Wildman–Crippen MR) is 116 cm³/mol. The van der Waals surface area contributed by atoms with E-state index in [-0.39, 0.29) is 16.8 Å². The van der Waals surface area contributed by atoms with Gasteiger partial charge in [-0.3, -0.25) is 19.8 Å².